The summed E-state index contributed by atoms with van der Waals surface area (Å²) in [7, 11) is 0. The Bertz CT molecular complexity index is 674. The van der Waals surface area contributed by atoms with E-state index in [2.05, 4.69) is 5.16 Å². The number of rotatable bonds is 5. The van der Waals surface area contributed by atoms with Crippen molar-refractivity contribution in [2.75, 3.05) is 0 Å². The summed E-state index contributed by atoms with van der Waals surface area (Å²) < 4.78 is 37.8. The molecule has 0 atom stereocenters. The van der Waals surface area contributed by atoms with Gasteiger partial charge in [-0.05, 0) is 36.3 Å². The molecule has 2 aromatic carbocycles. The molecule has 0 saturated carbocycles. The molecule has 2 rings (SSSR count). The van der Waals surface area contributed by atoms with E-state index in [0.29, 0.717) is 12.1 Å². The molecule has 0 fully saturated rings. The van der Waals surface area contributed by atoms with Crippen LogP contribution in [0, 0.1) is 0 Å². The third-order valence-corrected chi connectivity index (χ3v) is 3.12. The molecule has 2 aromatic rings. The molecule has 0 bridgehead atoms. The fourth-order valence-corrected chi connectivity index (χ4v) is 1.98. The predicted octanol–water partition coefficient (Wildman–Crippen LogP) is 5.20. The van der Waals surface area contributed by atoms with Crippen LogP contribution >= 0.6 is 0 Å². The SMILES string of the molecule is C/C=C/O/N=C(\Cc1ccc(C(F)(F)F)cc1)c1ccccc1. The molecule has 23 heavy (non-hydrogen) atoms. The van der Waals surface area contributed by atoms with E-state index in [0.717, 1.165) is 23.3 Å². The van der Waals surface area contributed by atoms with E-state index in [1.54, 1.807) is 13.0 Å². The van der Waals surface area contributed by atoms with Gasteiger partial charge in [0.25, 0.3) is 0 Å². The van der Waals surface area contributed by atoms with Crippen LogP contribution in [0.25, 0.3) is 0 Å². The minimum atomic E-state index is -4.33. The Kier molecular flexibility index (Phi) is 5.57. The maximum absolute atomic E-state index is 12.6. The predicted molar refractivity (Wildman–Crippen MR) is 84.0 cm³/mol. The van der Waals surface area contributed by atoms with Crippen LogP contribution in [0.15, 0.2) is 72.1 Å². The Morgan fingerprint density at radius 2 is 1.70 bits per heavy atom. The molecular weight excluding hydrogens is 303 g/mol. The first kappa shape index (κ1) is 16.8. The standard InChI is InChI=1S/C18H16F3NO/c1-2-12-23-22-17(15-6-4-3-5-7-15)13-14-8-10-16(11-9-14)18(19,20)21/h2-12H,13H2,1H3/b12-2+,22-17+. The van der Waals surface area contributed by atoms with Crippen LogP contribution in [0.1, 0.15) is 23.6 Å². The van der Waals surface area contributed by atoms with Gasteiger partial charge in [-0.15, -0.1) is 0 Å². The lowest BCUT2D eigenvalue weighted by atomic mass is 10.0. The number of alkyl halides is 3. The van der Waals surface area contributed by atoms with E-state index in [9.17, 15) is 13.2 Å². The number of oxime groups is 1. The number of hydrogen-bond acceptors (Lipinski definition) is 2. The quantitative estimate of drug-likeness (QED) is 0.421. The summed E-state index contributed by atoms with van der Waals surface area (Å²) >= 11 is 0. The first-order chi connectivity index (χ1) is 11.0. The highest BCUT2D eigenvalue weighted by molar-refractivity contribution is 6.01. The highest BCUT2D eigenvalue weighted by atomic mass is 19.4. The van der Waals surface area contributed by atoms with Crippen LogP contribution in [-0.2, 0) is 17.4 Å². The molecule has 0 unspecified atom stereocenters. The molecular formula is C18H16F3NO. The second-order valence-electron chi connectivity index (χ2n) is 4.85. The third kappa shape index (κ3) is 4.98. The largest absolute Gasteiger partial charge is 0.416 e. The maximum Gasteiger partial charge on any atom is 0.416 e. The number of allylic oxidation sites excluding steroid dienone is 1. The summed E-state index contributed by atoms with van der Waals surface area (Å²) in [5, 5.41) is 4.06. The zero-order valence-corrected chi connectivity index (χ0v) is 12.5. The van der Waals surface area contributed by atoms with Gasteiger partial charge in [0.05, 0.1) is 11.3 Å². The molecule has 0 spiro atoms. The number of nitrogens with zero attached hydrogens (tertiary/aromatic N) is 1. The molecule has 0 amide bonds. The van der Waals surface area contributed by atoms with Crippen LogP contribution in [-0.4, -0.2) is 5.71 Å². The van der Waals surface area contributed by atoms with E-state index in [-0.39, 0.29) is 0 Å². The molecule has 5 heteroatoms. The fourth-order valence-electron chi connectivity index (χ4n) is 1.98. The Labute approximate surface area is 132 Å². The summed E-state index contributed by atoms with van der Waals surface area (Å²) in [4.78, 5) is 5.08. The van der Waals surface area contributed by atoms with Crippen molar-refractivity contribution in [2.45, 2.75) is 19.5 Å². The molecule has 0 N–H and O–H groups in total. The van der Waals surface area contributed by atoms with Gasteiger partial charge in [0.15, 0.2) is 0 Å². The second kappa shape index (κ2) is 7.63. The van der Waals surface area contributed by atoms with Gasteiger partial charge in [0.1, 0.15) is 6.26 Å². The molecule has 0 aliphatic rings. The van der Waals surface area contributed by atoms with Gasteiger partial charge < -0.3 is 4.84 Å². The smallest absolute Gasteiger partial charge is 0.365 e. The highest BCUT2D eigenvalue weighted by Crippen LogP contribution is 2.29. The van der Waals surface area contributed by atoms with Crippen LogP contribution in [0.3, 0.4) is 0 Å². The van der Waals surface area contributed by atoms with Gasteiger partial charge in [-0.1, -0.05) is 47.6 Å². The third-order valence-electron chi connectivity index (χ3n) is 3.12. The minimum absolute atomic E-state index is 0.375. The molecule has 2 nitrogen and oxygen atoms in total. The van der Waals surface area contributed by atoms with Crippen molar-refractivity contribution in [1.82, 2.24) is 0 Å². The lowest BCUT2D eigenvalue weighted by Crippen LogP contribution is -2.08. The average molecular weight is 319 g/mol. The summed E-state index contributed by atoms with van der Waals surface area (Å²) in [6.45, 7) is 1.80. The maximum atomic E-state index is 12.6. The molecule has 0 aliphatic heterocycles. The Hall–Kier alpha value is -2.56. The van der Waals surface area contributed by atoms with Crippen LogP contribution < -0.4 is 0 Å². The summed E-state index contributed by atoms with van der Waals surface area (Å²) in [5.74, 6) is 0. The Balaban J connectivity index is 2.22. The molecule has 120 valence electrons. The van der Waals surface area contributed by atoms with E-state index < -0.39 is 11.7 Å². The monoisotopic (exact) mass is 319 g/mol. The Morgan fingerprint density at radius 1 is 1.04 bits per heavy atom. The lowest BCUT2D eigenvalue weighted by molar-refractivity contribution is -0.137. The highest BCUT2D eigenvalue weighted by Gasteiger charge is 2.29. The molecule has 0 heterocycles. The Morgan fingerprint density at radius 3 is 2.26 bits per heavy atom. The van der Waals surface area contributed by atoms with Gasteiger partial charge >= 0.3 is 6.18 Å². The van der Waals surface area contributed by atoms with Crippen molar-refractivity contribution in [3.05, 3.63) is 83.6 Å². The van der Waals surface area contributed by atoms with Gasteiger partial charge in [-0.3, -0.25) is 0 Å². The zero-order valence-electron chi connectivity index (χ0n) is 12.5. The van der Waals surface area contributed by atoms with Gasteiger partial charge in [-0.2, -0.15) is 13.2 Å². The topological polar surface area (TPSA) is 21.6 Å². The van der Waals surface area contributed by atoms with Crippen molar-refractivity contribution in [3.8, 4) is 0 Å². The fraction of sp³-hybridized carbons (Fsp3) is 0.167. The van der Waals surface area contributed by atoms with Crippen LogP contribution in [0.2, 0.25) is 0 Å². The summed E-state index contributed by atoms with van der Waals surface area (Å²) in [5.41, 5.74) is 1.56. The normalized spacial score (nSPS) is 12.6. The van der Waals surface area contributed by atoms with E-state index >= 15 is 0 Å². The van der Waals surface area contributed by atoms with Crippen molar-refractivity contribution in [1.29, 1.82) is 0 Å². The van der Waals surface area contributed by atoms with Gasteiger partial charge in [-0.25, -0.2) is 0 Å². The van der Waals surface area contributed by atoms with Gasteiger partial charge in [0.2, 0.25) is 0 Å². The van der Waals surface area contributed by atoms with E-state index in [4.69, 9.17) is 4.84 Å². The molecule has 0 radical (unpaired) electrons. The molecule has 0 saturated heterocycles. The van der Waals surface area contributed by atoms with Crippen LogP contribution in [0.4, 0.5) is 13.2 Å². The lowest BCUT2D eigenvalue weighted by Gasteiger charge is -2.09. The zero-order chi connectivity index (χ0) is 16.7. The van der Waals surface area contributed by atoms with Crippen molar-refractivity contribution in [3.63, 3.8) is 0 Å². The first-order valence-electron chi connectivity index (χ1n) is 7.06. The molecule has 0 aliphatic carbocycles. The first-order valence-corrected chi connectivity index (χ1v) is 7.06. The summed E-state index contributed by atoms with van der Waals surface area (Å²) in [6.07, 6.45) is -0.816. The van der Waals surface area contributed by atoms with E-state index in [1.807, 2.05) is 30.3 Å². The number of benzene rings is 2. The van der Waals surface area contributed by atoms with Gasteiger partial charge in [0, 0.05) is 6.42 Å². The van der Waals surface area contributed by atoms with E-state index in [1.165, 1.54) is 18.4 Å². The minimum Gasteiger partial charge on any atom is -0.365 e. The molecule has 0 aromatic heterocycles. The second-order valence-corrected chi connectivity index (χ2v) is 4.85. The van der Waals surface area contributed by atoms with Crippen molar-refractivity contribution >= 4 is 5.71 Å². The average Bonchev–Trinajstić information content (AvgIpc) is 2.54. The van der Waals surface area contributed by atoms with Crippen LogP contribution in [0.5, 0.6) is 0 Å². The number of halogens is 3. The van der Waals surface area contributed by atoms with Crippen molar-refractivity contribution in [2.24, 2.45) is 5.16 Å². The summed E-state index contributed by atoms with van der Waals surface area (Å²) in [6, 6.07) is 14.4. The number of hydrogen-bond donors (Lipinski definition) is 0. The van der Waals surface area contributed by atoms with Crippen molar-refractivity contribution < 1.29 is 18.0 Å².